The summed E-state index contributed by atoms with van der Waals surface area (Å²) in [4.78, 5) is 11.8. The zero-order valence-electron chi connectivity index (χ0n) is 13.9. The first-order valence-electron chi connectivity index (χ1n) is 7.99. The van der Waals surface area contributed by atoms with Crippen molar-refractivity contribution < 1.29 is 23.1 Å². The molecule has 0 radical (unpaired) electrons. The summed E-state index contributed by atoms with van der Waals surface area (Å²) >= 11 is 0. The smallest absolute Gasteiger partial charge is 0.387 e. The fourth-order valence-electron chi connectivity index (χ4n) is 2.52. The molecule has 1 atom stereocenters. The number of rotatable bonds is 7. The minimum absolute atomic E-state index is 0.186. The third-order valence-corrected chi connectivity index (χ3v) is 3.99. The van der Waals surface area contributed by atoms with Crippen LogP contribution in [-0.2, 0) is 24.4 Å². The van der Waals surface area contributed by atoms with Crippen LogP contribution in [0.4, 0.5) is 13.2 Å². The lowest BCUT2D eigenvalue weighted by Crippen LogP contribution is -2.26. The van der Waals surface area contributed by atoms with Gasteiger partial charge in [0.2, 0.25) is 5.91 Å². The fourth-order valence-corrected chi connectivity index (χ4v) is 2.52. The molecule has 0 saturated carbocycles. The molecule has 136 valence electrons. The molecule has 1 unspecified atom stereocenters. The number of hydrogen-bond donors (Lipinski definition) is 2. The van der Waals surface area contributed by atoms with Crippen LogP contribution in [0.5, 0.6) is 0 Å². The first kappa shape index (κ1) is 19.1. The summed E-state index contributed by atoms with van der Waals surface area (Å²) in [5, 5.41) is 12.8. The van der Waals surface area contributed by atoms with E-state index >= 15 is 0 Å². The highest BCUT2D eigenvalue weighted by molar-refractivity contribution is 5.76. The number of carbonyl (C=O) groups is 1. The molecule has 4 nitrogen and oxygen atoms in total. The number of benzene rings is 1. The van der Waals surface area contributed by atoms with Gasteiger partial charge in [0.25, 0.3) is 0 Å². The van der Waals surface area contributed by atoms with Crippen LogP contribution in [-0.4, -0.2) is 22.1 Å². The number of aryl methyl sites for hydroxylation is 2. The maximum atomic E-state index is 12.5. The van der Waals surface area contributed by atoms with Crippen LogP contribution in [0.15, 0.2) is 42.6 Å². The van der Waals surface area contributed by atoms with E-state index in [1.165, 1.54) is 12.1 Å². The summed E-state index contributed by atoms with van der Waals surface area (Å²) in [7, 11) is 1.83. The third-order valence-electron chi connectivity index (χ3n) is 3.99. The van der Waals surface area contributed by atoms with Gasteiger partial charge in [0.05, 0.1) is 11.7 Å². The summed E-state index contributed by atoms with van der Waals surface area (Å²) in [5.74, 6) is -0.195. The van der Waals surface area contributed by atoms with Crippen LogP contribution < -0.4 is 5.32 Å². The van der Waals surface area contributed by atoms with Crippen LogP contribution in [0.1, 0.15) is 35.8 Å². The molecule has 2 aromatic rings. The third kappa shape index (κ3) is 5.63. The van der Waals surface area contributed by atoms with Crippen molar-refractivity contribution in [3.8, 4) is 0 Å². The Morgan fingerprint density at radius 2 is 1.92 bits per heavy atom. The van der Waals surface area contributed by atoms with Crippen molar-refractivity contribution >= 4 is 5.91 Å². The number of hydrogen-bond acceptors (Lipinski definition) is 2. The summed E-state index contributed by atoms with van der Waals surface area (Å²) in [6.07, 6.45) is -2.23. The standard InChI is InChI=1S/C18H21F3N2O2/c1-23-12-2-3-15(23)16(24)10-11-22-17(25)9-6-13-4-7-14(8-5-13)18(19,20)21/h2-5,7-8,12,16,24H,6,9-11H2,1H3,(H,22,25). The van der Waals surface area contributed by atoms with Crippen molar-refractivity contribution in [3.63, 3.8) is 0 Å². The van der Waals surface area contributed by atoms with E-state index in [0.29, 0.717) is 24.9 Å². The lowest BCUT2D eigenvalue weighted by Gasteiger charge is -2.12. The van der Waals surface area contributed by atoms with Gasteiger partial charge < -0.3 is 15.0 Å². The minimum Gasteiger partial charge on any atom is -0.387 e. The van der Waals surface area contributed by atoms with E-state index in [1.54, 1.807) is 0 Å². The van der Waals surface area contributed by atoms with Gasteiger partial charge in [-0.05, 0) is 42.7 Å². The number of aliphatic hydroxyl groups excluding tert-OH is 1. The highest BCUT2D eigenvalue weighted by Crippen LogP contribution is 2.29. The van der Waals surface area contributed by atoms with Crippen molar-refractivity contribution in [1.29, 1.82) is 0 Å². The Bertz CT molecular complexity index is 693. The molecule has 1 heterocycles. The molecule has 1 amide bonds. The van der Waals surface area contributed by atoms with Crippen molar-refractivity contribution in [2.75, 3.05) is 6.54 Å². The molecule has 2 N–H and O–H groups in total. The second kappa shape index (κ2) is 8.20. The molecule has 0 saturated heterocycles. The van der Waals surface area contributed by atoms with Gasteiger partial charge in [-0.2, -0.15) is 13.2 Å². The van der Waals surface area contributed by atoms with Gasteiger partial charge in [-0.3, -0.25) is 4.79 Å². The molecule has 1 aromatic carbocycles. The number of nitrogens with zero attached hydrogens (tertiary/aromatic N) is 1. The quantitative estimate of drug-likeness (QED) is 0.802. The number of aliphatic hydroxyl groups is 1. The number of amides is 1. The van der Waals surface area contributed by atoms with Crippen LogP contribution in [0.25, 0.3) is 0 Å². The summed E-state index contributed by atoms with van der Waals surface area (Å²) in [5.41, 5.74) is 0.751. The number of alkyl halides is 3. The van der Waals surface area contributed by atoms with Gasteiger partial charge in [-0.1, -0.05) is 12.1 Å². The van der Waals surface area contributed by atoms with E-state index < -0.39 is 17.8 Å². The molecular weight excluding hydrogens is 333 g/mol. The van der Waals surface area contributed by atoms with E-state index in [2.05, 4.69) is 5.32 Å². The van der Waals surface area contributed by atoms with Gasteiger partial charge >= 0.3 is 6.18 Å². The van der Waals surface area contributed by atoms with Crippen molar-refractivity contribution in [3.05, 3.63) is 59.4 Å². The van der Waals surface area contributed by atoms with Crippen molar-refractivity contribution in [2.45, 2.75) is 31.5 Å². The Hall–Kier alpha value is -2.28. The molecule has 0 aliphatic carbocycles. The average Bonchev–Trinajstić information content (AvgIpc) is 2.98. The Kier molecular flexibility index (Phi) is 6.25. The zero-order valence-corrected chi connectivity index (χ0v) is 13.9. The summed E-state index contributed by atoms with van der Waals surface area (Å²) in [6, 6.07) is 8.45. The number of halogens is 3. The van der Waals surface area contributed by atoms with Crippen LogP contribution in [0, 0.1) is 0 Å². The first-order valence-corrected chi connectivity index (χ1v) is 7.99. The maximum absolute atomic E-state index is 12.5. The van der Waals surface area contributed by atoms with E-state index in [1.807, 2.05) is 29.9 Å². The normalized spacial score (nSPS) is 12.8. The monoisotopic (exact) mass is 354 g/mol. The molecule has 2 rings (SSSR count). The minimum atomic E-state index is -4.35. The zero-order chi connectivity index (χ0) is 18.4. The van der Waals surface area contributed by atoms with E-state index in [4.69, 9.17) is 0 Å². The van der Waals surface area contributed by atoms with Gasteiger partial charge in [0, 0.05) is 31.9 Å². The molecule has 0 aliphatic rings. The Morgan fingerprint density at radius 3 is 2.48 bits per heavy atom. The van der Waals surface area contributed by atoms with E-state index in [0.717, 1.165) is 17.8 Å². The molecule has 0 fully saturated rings. The molecule has 1 aromatic heterocycles. The second-order valence-electron chi connectivity index (χ2n) is 5.89. The van der Waals surface area contributed by atoms with E-state index in [9.17, 15) is 23.1 Å². The van der Waals surface area contributed by atoms with Crippen LogP contribution in [0.3, 0.4) is 0 Å². The molecule has 0 spiro atoms. The Balaban J connectivity index is 1.71. The van der Waals surface area contributed by atoms with Gasteiger partial charge in [0.15, 0.2) is 0 Å². The second-order valence-corrected chi connectivity index (χ2v) is 5.89. The number of nitrogens with one attached hydrogen (secondary N) is 1. The first-order chi connectivity index (χ1) is 11.8. The van der Waals surface area contributed by atoms with Crippen molar-refractivity contribution in [1.82, 2.24) is 9.88 Å². The predicted molar refractivity (Wildman–Crippen MR) is 87.8 cm³/mol. The number of carbonyl (C=O) groups excluding carboxylic acids is 1. The van der Waals surface area contributed by atoms with Gasteiger partial charge in [-0.25, -0.2) is 0 Å². The van der Waals surface area contributed by atoms with Crippen LogP contribution in [0.2, 0.25) is 0 Å². The molecule has 7 heteroatoms. The largest absolute Gasteiger partial charge is 0.416 e. The molecule has 25 heavy (non-hydrogen) atoms. The fraction of sp³-hybridized carbons (Fsp3) is 0.389. The molecular formula is C18H21F3N2O2. The highest BCUT2D eigenvalue weighted by Gasteiger charge is 2.29. The van der Waals surface area contributed by atoms with E-state index in [-0.39, 0.29) is 12.3 Å². The highest BCUT2D eigenvalue weighted by atomic mass is 19.4. The maximum Gasteiger partial charge on any atom is 0.416 e. The summed E-state index contributed by atoms with van der Waals surface area (Å²) in [6.45, 7) is 0.332. The topological polar surface area (TPSA) is 54.3 Å². The predicted octanol–water partition coefficient (Wildman–Crippen LogP) is 3.22. The van der Waals surface area contributed by atoms with Gasteiger partial charge in [-0.15, -0.1) is 0 Å². The number of aromatic nitrogens is 1. The lowest BCUT2D eigenvalue weighted by molar-refractivity contribution is -0.137. The summed E-state index contributed by atoms with van der Waals surface area (Å²) < 4.78 is 39.3. The van der Waals surface area contributed by atoms with Crippen molar-refractivity contribution in [2.24, 2.45) is 7.05 Å². The lowest BCUT2D eigenvalue weighted by atomic mass is 10.1. The average molecular weight is 354 g/mol. The van der Waals surface area contributed by atoms with Gasteiger partial charge in [0.1, 0.15) is 0 Å². The molecule has 0 bridgehead atoms. The Labute approximate surface area is 144 Å². The van der Waals surface area contributed by atoms with Crippen LogP contribution >= 0.6 is 0 Å². The Morgan fingerprint density at radius 1 is 1.24 bits per heavy atom. The SMILES string of the molecule is Cn1cccc1C(O)CCNC(=O)CCc1ccc(C(F)(F)F)cc1. The molecule has 0 aliphatic heterocycles.